The number of nitrogens with one attached hydrogen (secondary N) is 1. The number of amides is 1. The lowest BCUT2D eigenvalue weighted by Crippen LogP contribution is -2.32. The summed E-state index contributed by atoms with van der Waals surface area (Å²) >= 11 is 0. The Bertz CT molecular complexity index is 653. The highest BCUT2D eigenvalue weighted by atomic mass is 19.1. The average Bonchev–Trinajstić information content (AvgIpc) is 3.02. The van der Waals surface area contributed by atoms with E-state index in [1.165, 1.54) is 12.1 Å². The first-order chi connectivity index (χ1) is 11.0. The van der Waals surface area contributed by atoms with E-state index < -0.39 is 0 Å². The van der Waals surface area contributed by atoms with Gasteiger partial charge in [0, 0.05) is 30.8 Å². The highest BCUT2D eigenvalue weighted by Crippen LogP contribution is 2.19. The molecule has 1 atom stereocenters. The van der Waals surface area contributed by atoms with E-state index in [2.05, 4.69) is 10.2 Å². The van der Waals surface area contributed by atoms with Gasteiger partial charge >= 0.3 is 0 Å². The van der Waals surface area contributed by atoms with Crippen LogP contribution in [0.2, 0.25) is 0 Å². The SMILES string of the molecule is CC[C@H](C)C(=O)N(C)CCCc1cc(-c2cccc(F)c2)n[nH]1. The number of hydrogen-bond acceptors (Lipinski definition) is 2. The summed E-state index contributed by atoms with van der Waals surface area (Å²) in [6, 6.07) is 8.33. The van der Waals surface area contributed by atoms with Crippen LogP contribution < -0.4 is 0 Å². The Morgan fingerprint density at radius 1 is 1.39 bits per heavy atom. The first-order valence-corrected chi connectivity index (χ1v) is 8.06. The van der Waals surface area contributed by atoms with Gasteiger partial charge in [0.25, 0.3) is 0 Å². The van der Waals surface area contributed by atoms with Gasteiger partial charge in [0.05, 0.1) is 5.69 Å². The van der Waals surface area contributed by atoms with E-state index in [1.807, 2.05) is 33.0 Å². The monoisotopic (exact) mass is 317 g/mol. The molecule has 1 aromatic heterocycles. The number of halogens is 1. The summed E-state index contributed by atoms with van der Waals surface area (Å²) in [7, 11) is 1.85. The van der Waals surface area contributed by atoms with Gasteiger partial charge in [0.1, 0.15) is 5.82 Å². The standard InChI is InChI=1S/C18H24FN3O/c1-4-13(2)18(23)22(3)10-6-9-16-12-17(21-20-16)14-7-5-8-15(19)11-14/h5,7-8,11-13H,4,6,9-10H2,1-3H3,(H,20,21)/t13-/m0/s1. The second kappa shape index (κ2) is 7.90. The fraction of sp³-hybridized carbons (Fsp3) is 0.444. The number of carbonyl (C=O) groups excluding carboxylic acids is 1. The fourth-order valence-corrected chi connectivity index (χ4v) is 2.45. The van der Waals surface area contributed by atoms with Gasteiger partial charge in [-0.2, -0.15) is 5.10 Å². The largest absolute Gasteiger partial charge is 0.346 e. The molecular formula is C18H24FN3O. The van der Waals surface area contributed by atoms with Crippen molar-refractivity contribution in [3.63, 3.8) is 0 Å². The molecule has 0 saturated carbocycles. The van der Waals surface area contributed by atoms with Crippen molar-refractivity contribution in [2.75, 3.05) is 13.6 Å². The summed E-state index contributed by atoms with van der Waals surface area (Å²) in [6.07, 6.45) is 2.53. The second-order valence-electron chi connectivity index (χ2n) is 5.96. The zero-order valence-corrected chi connectivity index (χ0v) is 14.0. The van der Waals surface area contributed by atoms with E-state index >= 15 is 0 Å². The van der Waals surface area contributed by atoms with Crippen LogP contribution in [0.5, 0.6) is 0 Å². The van der Waals surface area contributed by atoms with Crippen LogP contribution in [-0.4, -0.2) is 34.6 Å². The maximum absolute atomic E-state index is 13.2. The third-order valence-corrected chi connectivity index (χ3v) is 4.10. The van der Waals surface area contributed by atoms with E-state index in [9.17, 15) is 9.18 Å². The van der Waals surface area contributed by atoms with Crippen LogP contribution in [0.1, 0.15) is 32.4 Å². The molecule has 4 nitrogen and oxygen atoms in total. The maximum Gasteiger partial charge on any atom is 0.225 e. The molecule has 0 radical (unpaired) electrons. The molecule has 1 aromatic carbocycles. The molecule has 0 aliphatic rings. The smallest absolute Gasteiger partial charge is 0.225 e. The van der Waals surface area contributed by atoms with E-state index in [0.29, 0.717) is 0 Å². The van der Waals surface area contributed by atoms with Crippen LogP contribution in [0.4, 0.5) is 4.39 Å². The number of carbonyl (C=O) groups is 1. The van der Waals surface area contributed by atoms with Crippen LogP contribution >= 0.6 is 0 Å². The topological polar surface area (TPSA) is 49.0 Å². The van der Waals surface area contributed by atoms with Crippen LogP contribution in [0, 0.1) is 11.7 Å². The minimum absolute atomic E-state index is 0.0757. The van der Waals surface area contributed by atoms with Crippen molar-refractivity contribution < 1.29 is 9.18 Å². The normalized spacial score (nSPS) is 12.2. The molecule has 0 aliphatic heterocycles. The summed E-state index contributed by atoms with van der Waals surface area (Å²) in [6.45, 7) is 4.70. The number of aromatic nitrogens is 2. The second-order valence-corrected chi connectivity index (χ2v) is 5.96. The summed E-state index contributed by atoms with van der Waals surface area (Å²) in [5.74, 6) is 0.00141. The first kappa shape index (κ1) is 17.2. The van der Waals surface area contributed by atoms with Gasteiger partial charge in [-0.15, -0.1) is 0 Å². The molecule has 0 aliphatic carbocycles. The number of aryl methyl sites for hydroxylation is 1. The zero-order chi connectivity index (χ0) is 16.8. The molecule has 0 spiro atoms. The van der Waals surface area contributed by atoms with E-state index in [-0.39, 0.29) is 17.6 Å². The molecule has 5 heteroatoms. The van der Waals surface area contributed by atoms with E-state index in [1.54, 1.807) is 11.0 Å². The molecule has 1 heterocycles. The minimum atomic E-state index is -0.266. The molecule has 2 aromatic rings. The van der Waals surface area contributed by atoms with Crippen molar-refractivity contribution in [1.82, 2.24) is 15.1 Å². The molecule has 0 fully saturated rings. The fourth-order valence-electron chi connectivity index (χ4n) is 2.45. The third-order valence-electron chi connectivity index (χ3n) is 4.10. The predicted octanol–water partition coefficient (Wildman–Crippen LogP) is 3.65. The Labute approximate surface area is 136 Å². The van der Waals surface area contributed by atoms with Crippen LogP contribution in [0.3, 0.4) is 0 Å². The molecule has 2 rings (SSSR count). The molecule has 1 amide bonds. The Balaban J connectivity index is 1.87. The Hall–Kier alpha value is -2.17. The quantitative estimate of drug-likeness (QED) is 0.847. The van der Waals surface area contributed by atoms with Gasteiger partial charge in [-0.25, -0.2) is 4.39 Å². The highest BCUT2D eigenvalue weighted by molar-refractivity contribution is 5.78. The number of benzene rings is 1. The summed E-state index contributed by atoms with van der Waals surface area (Å²) < 4.78 is 13.2. The number of aromatic amines is 1. The van der Waals surface area contributed by atoms with Gasteiger partial charge in [0.2, 0.25) is 5.91 Å². The highest BCUT2D eigenvalue weighted by Gasteiger charge is 2.15. The van der Waals surface area contributed by atoms with Gasteiger partial charge in [-0.05, 0) is 37.5 Å². The van der Waals surface area contributed by atoms with Crippen molar-refractivity contribution in [3.8, 4) is 11.3 Å². The van der Waals surface area contributed by atoms with Crippen LogP contribution in [0.15, 0.2) is 30.3 Å². The molecule has 1 N–H and O–H groups in total. The summed E-state index contributed by atoms with van der Waals surface area (Å²) in [4.78, 5) is 13.8. The van der Waals surface area contributed by atoms with Crippen molar-refractivity contribution in [2.24, 2.45) is 5.92 Å². The van der Waals surface area contributed by atoms with E-state index in [0.717, 1.165) is 42.8 Å². The molecule has 124 valence electrons. The number of H-pyrrole nitrogens is 1. The van der Waals surface area contributed by atoms with Crippen molar-refractivity contribution in [1.29, 1.82) is 0 Å². The Morgan fingerprint density at radius 2 is 2.17 bits per heavy atom. The molecule has 0 unspecified atom stereocenters. The number of nitrogens with zero attached hydrogens (tertiary/aromatic N) is 2. The summed E-state index contributed by atoms with van der Waals surface area (Å²) in [5.41, 5.74) is 2.49. The van der Waals surface area contributed by atoms with Crippen molar-refractivity contribution in [2.45, 2.75) is 33.1 Å². The minimum Gasteiger partial charge on any atom is -0.346 e. The third kappa shape index (κ3) is 4.65. The average molecular weight is 317 g/mol. The predicted molar refractivity (Wildman–Crippen MR) is 89.4 cm³/mol. The molecular weight excluding hydrogens is 293 g/mol. The summed E-state index contributed by atoms with van der Waals surface area (Å²) in [5, 5.41) is 7.21. The number of hydrogen-bond donors (Lipinski definition) is 1. The van der Waals surface area contributed by atoms with Crippen molar-refractivity contribution in [3.05, 3.63) is 41.8 Å². The molecule has 0 bridgehead atoms. The van der Waals surface area contributed by atoms with Crippen LogP contribution in [-0.2, 0) is 11.2 Å². The number of rotatable bonds is 7. The molecule has 0 saturated heterocycles. The van der Waals surface area contributed by atoms with Gasteiger partial charge in [-0.1, -0.05) is 26.0 Å². The van der Waals surface area contributed by atoms with Crippen LogP contribution in [0.25, 0.3) is 11.3 Å². The van der Waals surface area contributed by atoms with Crippen molar-refractivity contribution >= 4 is 5.91 Å². The lowest BCUT2D eigenvalue weighted by molar-refractivity contribution is -0.133. The van der Waals surface area contributed by atoms with Gasteiger partial charge in [0.15, 0.2) is 0 Å². The van der Waals surface area contributed by atoms with E-state index in [4.69, 9.17) is 0 Å². The maximum atomic E-state index is 13.2. The zero-order valence-electron chi connectivity index (χ0n) is 14.0. The lowest BCUT2D eigenvalue weighted by Gasteiger charge is -2.20. The van der Waals surface area contributed by atoms with Gasteiger partial charge < -0.3 is 4.90 Å². The molecule has 23 heavy (non-hydrogen) atoms. The van der Waals surface area contributed by atoms with Gasteiger partial charge in [-0.3, -0.25) is 9.89 Å². The lowest BCUT2D eigenvalue weighted by atomic mass is 10.1. The Kier molecular flexibility index (Phi) is 5.90. The Morgan fingerprint density at radius 3 is 2.87 bits per heavy atom. The first-order valence-electron chi connectivity index (χ1n) is 8.06.